The minimum absolute atomic E-state index is 0.193. The molecule has 1 amide bonds. The van der Waals surface area contributed by atoms with E-state index in [0.29, 0.717) is 57.7 Å². The second-order valence-corrected chi connectivity index (χ2v) is 12.0. The number of hydrogen-bond acceptors (Lipinski definition) is 11. The summed E-state index contributed by atoms with van der Waals surface area (Å²) in [5.41, 5.74) is 1.77. The van der Waals surface area contributed by atoms with Gasteiger partial charge in [0, 0.05) is 51.6 Å². The molecule has 3 N–H and O–H groups in total. The highest BCUT2D eigenvalue weighted by atomic mass is 35.5. The summed E-state index contributed by atoms with van der Waals surface area (Å²) in [5.74, 6) is -0.0282. The van der Waals surface area contributed by atoms with Gasteiger partial charge in [-0.05, 0) is 27.2 Å². The van der Waals surface area contributed by atoms with Crippen LogP contribution in [-0.4, -0.2) is 96.4 Å². The Morgan fingerprint density at radius 2 is 1.98 bits per heavy atom. The lowest BCUT2D eigenvalue weighted by Crippen LogP contribution is -2.55. The van der Waals surface area contributed by atoms with E-state index in [1.807, 2.05) is 4.90 Å². The normalized spacial score (nSPS) is 21.0. The molecule has 3 atom stereocenters. The minimum atomic E-state index is -0.458. The third-order valence-corrected chi connectivity index (χ3v) is 9.42. The summed E-state index contributed by atoms with van der Waals surface area (Å²) in [6, 6.07) is 0.0892. The molecule has 3 aromatic rings. The van der Waals surface area contributed by atoms with Gasteiger partial charge in [-0.25, -0.2) is 19.7 Å². The van der Waals surface area contributed by atoms with E-state index in [2.05, 4.69) is 37.4 Å². The fraction of sp³-hybridized carbons (Fsp3) is 0.519. The van der Waals surface area contributed by atoms with Crippen LogP contribution in [0.1, 0.15) is 46.1 Å². The Bertz CT molecular complexity index is 1430. The number of anilines is 2. The van der Waals surface area contributed by atoms with Gasteiger partial charge in [-0.3, -0.25) is 4.79 Å². The average molecular weight is 638 g/mol. The number of esters is 1. The van der Waals surface area contributed by atoms with Crippen LogP contribution >= 0.6 is 34.5 Å². The van der Waals surface area contributed by atoms with Crippen molar-refractivity contribution >= 4 is 57.4 Å². The van der Waals surface area contributed by atoms with Crippen molar-refractivity contribution < 1.29 is 19.1 Å². The Hall–Kier alpha value is -2.97. The molecule has 5 heterocycles. The molecule has 3 aromatic heterocycles. The van der Waals surface area contributed by atoms with Crippen molar-refractivity contribution in [1.82, 2.24) is 30.6 Å². The van der Waals surface area contributed by atoms with Crippen LogP contribution in [0.15, 0.2) is 12.4 Å². The number of aryl methyl sites for hydroxylation is 1. The standard InChI is InChI=1S/C27H34Cl2N8O4S/c1-5-41-26(39)24-22(17-10-32-19(11-31-17)36-9-7-30-14(2)12-36)35-27(42-24)37-8-6-16(18(13-37)40-4)34-25(38)23-21(29)20(28)15(3)33-23/h10-11,14,16,18,30,33H,5-9,12-13H2,1-4H3,(H,34,38)/t14-,16?,18+/m1/s1. The second kappa shape index (κ2) is 13.1. The van der Waals surface area contributed by atoms with E-state index in [1.165, 1.54) is 11.3 Å². The first-order valence-electron chi connectivity index (χ1n) is 13.8. The van der Waals surface area contributed by atoms with Gasteiger partial charge in [0.15, 0.2) is 5.13 Å². The number of halogens is 2. The number of thiazole rings is 1. The summed E-state index contributed by atoms with van der Waals surface area (Å²) in [6.45, 7) is 9.47. The molecule has 5 rings (SSSR count). The van der Waals surface area contributed by atoms with Gasteiger partial charge in [0.1, 0.15) is 27.8 Å². The number of hydrogen-bond donors (Lipinski definition) is 3. The molecule has 226 valence electrons. The Morgan fingerprint density at radius 1 is 1.17 bits per heavy atom. The van der Waals surface area contributed by atoms with E-state index in [9.17, 15) is 9.59 Å². The van der Waals surface area contributed by atoms with Crippen LogP contribution < -0.4 is 20.4 Å². The van der Waals surface area contributed by atoms with Crippen molar-refractivity contribution in [2.24, 2.45) is 0 Å². The molecule has 2 fully saturated rings. The summed E-state index contributed by atoms with van der Waals surface area (Å²) in [6.07, 6.45) is 3.62. The number of aromatic amines is 1. The average Bonchev–Trinajstić information content (AvgIpc) is 3.55. The summed E-state index contributed by atoms with van der Waals surface area (Å²) < 4.78 is 11.1. The quantitative estimate of drug-likeness (QED) is 0.315. The maximum Gasteiger partial charge on any atom is 0.350 e. The molecule has 2 saturated heterocycles. The lowest BCUT2D eigenvalue weighted by atomic mass is 10.0. The van der Waals surface area contributed by atoms with Crippen LogP contribution in [0.4, 0.5) is 10.9 Å². The van der Waals surface area contributed by atoms with Crippen LogP contribution in [0.25, 0.3) is 11.4 Å². The van der Waals surface area contributed by atoms with E-state index in [0.717, 1.165) is 25.5 Å². The smallest absolute Gasteiger partial charge is 0.350 e. The van der Waals surface area contributed by atoms with Gasteiger partial charge in [-0.2, -0.15) is 0 Å². The number of ether oxygens (including phenoxy) is 2. The number of carbonyl (C=O) groups is 2. The van der Waals surface area contributed by atoms with Crippen LogP contribution in [0.3, 0.4) is 0 Å². The van der Waals surface area contributed by atoms with Gasteiger partial charge in [0.2, 0.25) is 0 Å². The molecule has 2 aliphatic rings. The molecular weight excluding hydrogens is 603 g/mol. The summed E-state index contributed by atoms with van der Waals surface area (Å²) in [4.78, 5) is 47.5. The molecule has 0 saturated carbocycles. The van der Waals surface area contributed by atoms with E-state index >= 15 is 0 Å². The number of aromatic nitrogens is 4. The van der Waals surface area contributed by atoms with E-state index in [4.69, 9.17) is 37.7 Å². The van der Waals surface area contributed by atoms with E-state index in [1.54, 1.807) is 33.4 Å². The van der Waals surface area contributed by atoms with Crippen molar-refractivity contribution in [3.05, 3.63) is 38.7 Å². The Balaban J connectivity index is 1.34. The summed E-state index contributed by atoms with van der Waals surface area (Å²) in [5, 5.41) is 7.60. The van der Waals surface area contributed by atoms with Gasteiger partial charge in [0.05, 0.1) is 41.2 Å². The van der Waals surface area contributed by atoms with Crippen molar-refractivity contribution in [2.45, 2.75) is 45.4 Å². The highest BCUT2D eigenvalue weighted by Crippen LogP contribution is 2.35. The molecular formula is C27H34Cl2N8O4S. The van der Waals surface area contributed by atoms with Crippen LogP contribution in [0.2, 0.25) is 10.0 Å². The Labute approximate surface area is 258 Å². The molecule has 15 heteroatoms. The zero-order valence-corrected chi connectivity index (χ0v) is 26.2. The van der Waals surface area contributed by atoms with Crippen molar-refractivity contribution in [3.8, 4) is 11.4 Å². The van der Waals surface area contributed by atoms with Crippen molar-refractivity contribution in [3.63, 3.8) is 0 Å². The number of nitrogens with one attached hydrogen (secondary N) is 3. The zero-order valence-electron chi connectivity index (χ0n) is 23.9. The number of carbonyl (C=O) groups excluding carboxylic acids is 2. The molecule has 1 unspecified atom stereocenters. The first-order chi connectivity index (χ1) is 20.2. The Kier molecular flexibility index (Phi) is 9.53. The van der Waals surface area contributed by atoms with Gasteiger partial charge >= 0.3 is 5.97 Å². The van der Waals surface area contributed by atoms with E-state index in [-0.39, 0.29) is 35.4 Å². The van der Waals surface area contributed by atoms with Crippen LogP contribution in [0.5, 0.6) is 0 Å². The topological polar surface area (TPSA) is 138 Å². The van der Waals surface area contributed by atoms with Gasteiger partial charge < -0.3 is 34.9 Å². The fourth-order valence-electron chi connectivity index (χ4n) is 5.16. The zero-order chi connectivity index (χ0) is 30.0. The van der Waals surface area contributed by atoms with Crippen molar-refractivity contribution in [2.75, 3.05) is 56.2 Å². The first kappa shape index (κ1) is 30.5. The minimum Gasteiger partial charge on any atom is -0.462 e. The molecule has 42 heavy (non-hydrogen) atoms. The largest absolute Gasteiger partial charge is 0.462 e. The van der Waals surface area contributed by atoms with Gasteiger partial charge in [-0.15, -0.1) is 0 Å². The number of methoxy groups -OCH3 is 1. The highest BCUT2D eigenvalue weighted by molar-refractivity contribution is 7.17. The van der Waals surface area contributed by atoms with Crippen LogP contribution in [-0.2, 0) is 9.47 Å². The third kappa shape index (κ3) is 6.35. The number of H-pyrrole nitrogens is 1. The highest BCUT2D eigenvalue weighted by Gasteiger charge is 2.34. The van der Waals surface area contributed by atoms with Gasteiger partial charge in [-0.1, -0.05) is 34.5 Å². The number of piperazine rings is 1. The maximum atomic E-state index is 13.0. The SMILES string of the molecule is CCOC(=O)c1sc(N2CCC(NC(=O)c3[nH]c(C)c(Cl)c3Cl)[C@@H](OC)C2)nc1-c1cnc(N2CCN[C@H](C)C2)cn1. The van der Waals surface area contributed by atoms with Crippen molar-refractivity contribution in [1.29, 1.82) is 0 Å². The monoisotopic (exact) mass is 636 g/mol. The predicted octanol–water partition coefficient (Wildman–Crippen LogP) is 3.54. The fourth-order valence-corrected chi connectivity index (χ4v) is 6.58. The third-order valence-electron chi connectivity index (χ3n) is 7.38. The molecule has 0 radical (unpaired) electrons. The van der Waals surface area contributed by atoms with Gasteiger partial charge in [0.25, 0.3) is 5.91 Å². The molecule has 2 aliphatic heterocycles. The Morgan fingerprint density at radius 3 is 2.62 bits per heavy atom. The van der Waals surface area contributed by atoms with E-state index < -0.39 is 5.97 Å². The summed E-state index contributed by atoms with van der Waals surface area (Å²) >= 11 is 13.6. The summed E-state index contributed by atoms with van der Waals surface area (Å²) in [7, 11) is 1.60. The lowest BCUT2D eigenvalue weighted by Gasteiger charge is -2.37. The predicted molar refractivity (Wildman–Crippen MR) is 163 cm³/mol. The lowest BCUT2D eigenvalue weighted by molar-refractivity contribution is 0.0531. The molecule has 0 spiro atoms. The number of amides is 1. The van der Waals surface area contributed by atoms with Crippen LogP contribution in [0, 0.1) is 6.92 Å². The number of nitrogens with zero attached hydrogens (tertiary/aromatic N) is 5. The molecule has 0 aromatic carbocycles. The number of rotatable bonds is 8. The maximum absolute atomic E-state index is 13.0. The second-order valence-electron chi connectivity index (χ2n) is 10.3. The number of piperidine rings is 1. The molecule has 0 aliphatic carbocycles. The molecule has 12 nitrogen and oxygen atoms in total. The molecule has 0 bridgehead atoms. The first-order valence-corrected chi connectivity index (χ1v) is 15.4.